The van der Waals surface area contributed by atoms with Gasteiger partial charge in [-0.25, -0.2) is 4.39 Å². The molecule has 2 aliphatic heterocycles. The minimum absolute atomic E-state index is 0.00458. The number of nitrogens with one attached hydrogen (secondary N) is 2. The third kappa shape index (κ3) is 5.16. The zero-order valence-electron chi connectivity index (χ0n) is 15.3. The van der Waals surface area contributed by atoms with Crippen molar-refractivity contribution in [3.05, 3.63) is 0 Å². The Bertz CT molecular complexity index is 479. The number of nitrogens with zero attached hydrogens (tertiary/aromatic N) is 1. The number of hydrogen-bond donors (Lipinski definition) is 2. The maximum atomic E-state index is 13.5. The Balaban J connectivity index is 1.37. The van der Waals surface area contributed by atoms with Gasteiger partial charge in [-0.2, -0.15) is 0 Å². The minimum atomic E-state index is -0.598. The molecule has 3 rings (SSSR count). The van der Waals surface area contributed by atoms with Crippen LogP contribution in [0.15, 0.2) is 0 Å². The van der Waals surface area contributed by atoms with Crippen LogP contribution in [0.1, 0.15) is 57.8 Å². The van der Waals surface area contributed by atoms with E-state index < -0.39 is 6.17 Å². The van der Waals surface area contributed by atoms with Gasteiger partial charge in [-0.3, -0.25) is 14.9 Å². The fourth-order valence-corrected chi connectivity index (χ4v) is 4.61. The van der Waals surface area contributed by atoms with Crippen molar-refractivity contribution in [1.29, 1.82) is 0 Å². The van der Waals surface area contributed by atoms with E-state index in [1.54, 1.807) is 11.9 Å². The molecular weight excluding hydrogens is 321 g/mol. The zero-order valence-corrected chi connectivity index (χ0v) is 15.3. The van der Waals surface area contributed by atoms with E-state index in [9.17, 15) is 14.0 Å². The van der Waals surface area contributed by atoms with Gasteiger partial charge in [-0.05, 0) is 56.9 Å². The van der Waals surface area contributed by atoms with E-state index in [0.29, 0.717) is 24.8 Å². The number of hydrogen-bond acceptors (Lipinski definition) is 3. The van der Waals surface area contributed by atoms with Crippen LogP contribution in [0.25, 0.3) is 0 Å². The Morgan fingerprint density at radius 1 is 1.24 bits per heavy atom. The third-order valence-corrected chi connectivity index (χ3v) is 6.25. The monoisotopic (exact) mass is 353 g/mol. The molecule has 5 nitrogen and oxygen atoms in total. The fourth-order valence-electron chi connectivity index (χ4n) is 4.61. The summed E-state index contributed by atoms with van der Waals surface area (Å²) in [7, 11) is 1.79. The molecule has 2 saturated heterocycles. The third-order valence-electron chi connectivity index (χ3n) is 6.25. The van der Waals surface area contributed by atoms with Crippen LogP contribution in [-0.4, -0.2) is 49.2 Å². The Morgan fingerprint density at radius 3 is 2.76 bits per heavy atom. The van der Waals surface area contributed by atoms with Crippen molar-refractivity contribution in [3.63, 3.8) is 0 Å². The molecule has 0 aromatic rings. The first-order valence-electron chi connectivity index (χ1n) is 9.93. The van der Waals surface area contributed by atoms with Crippen molar-refractivity contribution in [2.75, 3.05) is 20.1 Å². The molecule has 0 bridgehead atoms. The molecule has 2 amide bonds. The molecule has 2 N–H and O–H groups in total. The van der Waals surface area contributed by atoms with Gasteiger partial charge in [0.15, 0.2) is 0 Å². The van der Waals surface area contributed by atoms with Gasteiger partial charge in [0.25, 0.3) is 0 Å². The standard InChI is InChI=1S/C19H32FN3O2/c1-23-8-7-15(11-18(23)24)19(25)22-17-6-5-14(12-21-17)9-13-3-2-4-16(20)10-13/h13-17,21H,2-12H2,1H3,(H,22,25). The molecule has 2 heterocycles. The SMILES string of the molecule is CN1CCC(C(=O)NC2CCC(CC3CCCC(F)C3)CN2)CC1=O. The summed E-state index contributed by atoms with van der Waals surface area (Å²) in [5, 5.41) is 6.51. The van der Waals surface area contributed by atoms with E-state index in [2.05, 4.69) is 10.6 Å². The maximum absolute atomic E-state index is 13.5. The number of rotatable bonds is 4. The van der Waals surface area contributed by atoms with Gasteiger partial charge in [-0.15, -0.1) is 0 Å². The molecule has 0 spiro atoms. The Morgan fingerprint density at radius 2 is 2.08 bits per heavy atom. The molecule has 3 aliphatic rings. The molecule has 1 saturated carbocycles. The Labute approximate surface area is 150 Å². The van der Waals surface area contributed by atoms with Gasteiger partial charge >= 0.3 is 0 Å². The molecule has 0 aromatic carbocycles. The molecule has 5 unspecified atom stereocenters. The largest absolute Gasteiger partial charge is 0.346 e. The highest BCUT2D eigenvalue weighted by Crippen LogP contribution is 2.33. The molecule has 142 valence electrons. The van der Waals surface area contributed by atoms with Crippen LogP contribution in [0.3, 0.4) is 0 Å². The summed E-state index contributed by atoms with van der Waals surface area (Å²) in [4.78, 5) is 25.8. The highest BCUT2D eigenvalue weighted by Gasteiger charge is 2.31. The van der Waals surface area contributed by atoms with Crippen molar-refractivity contribution in [2.45, 2.75) is 70.1 Å². The lowest BCUT2D eigenvalue weighted by atomic mass is 9.80. The molecule has 25 heavy (non-hydrogen) atoms. The quantitative estimate of drug-likeness (QED) is 0.815. The minimum Gasteiger partial charge on any atom is -0.346 e. The lowest BCUT2D eigenvalue weighted by Gasteiger charge is -2.35. The molecule has 6 heteroatoms. The number of carbonyl (C=O) groups is 2. The molecular formula is C19H32FN3O2. The van der Waals surface area contributed by atoms with Crippen molar-refractivity contribution in [3.8, 4) is 0 Å². The number of carbonyl (C=O) groups excluding carboxylic acids is 2. The van der Waals surface area contributed by atoms with Crippen LogP contribution >= 0.6 is 0 Å². The Kier molecular flexibility index (Phi) is 6.31. The van der Waals surface area contributed by atoms with E-state index in [1.165, 1.54) is 6.42 Å². The molecule has 0 aromatic heterocycles. The van der Waals surface area contributed by atoms with Gasteiger partial charge in [0.05, 0.1) is 6.17 Å². The van der Waals surface area contributed by atoms with Crippen molar-refractivity contribution >= 4 is 11.8 Å². The summed E-state index contributed by atoms with van der Waals surface area (Å²) in [6, 6.07) is 0. The molecule has 0 radical (unpaired) electrons. The van der Waals surface area contributed by atoms with Crippen molar-refractivity contribution in [2.24, 2.45) is 17.8 Å². The predicted octanol–water partition coefficient (Wildman–Crippen LogP) is 2.22. The first kappa shape index (κ1) is 18.6. The summed E-state index contributed by atoms with van der Waals surface area (Å²) < 4.78 is 13.5. The second-order valence-electron chi connectivity index (χ2n) is 8.28. The van der Waals surface area contributed by atoms with Gasteiger partial charge < -0.3 is 10.2 Å². The highest BCUT2D eigenvalue weighted by molar-refractivity contribution is 5.86. The molecule has 5 atom stereocenters. The summed E-state index contributed by atoms with van der Waals surface area (Å²) in [6.07, 6.45) is 7.27. The highest BCUT2D eigenvalue weighted by atomic mass is 19.1. The van der Waals surface area contributed by atoms with Crippen LogP contribution in [0, 0.1) is 17.8 Å². The second kappa shape index (κ2) is 8.47. The van der Waals surface area contributed by atoms with Crippen LogP contribution in [0.2, 0.25) is 0 Å². The topological polar surface area (TPSA) is 61.4 Å². The first-order valence-corrected chi connectivity index (χ1v) is 9.93. The number of alkyl halides is 1. The van der Waals surface area contributed by atoms with Crippen LogP contribution in [0.5, 0.6) is 0 Å². The maximum Gasteiger partial charge on any atom is 0.224 e. The normalized spacial score (nSPS) is 37.0. The van der Waals surface area contributed by atoms with Gasteiger partial charge in [0, 0.05) is 25.9 Å². The average molecular weight is 353 g/mol. The van der Waals surface area contributed by atoms with Crippen LogP contribution in [-0.2, 0) is 9.59 Å². The van der Waals surface area contributed by atoms with Crippen LogP contribution < -0.4 is 10.6 Å². The van der Waals surface area contributed by atoms with E-state index in [-0.39, 0.29) is 23.9 Å². The lowest BCUT2D eigenvalue weighted by molar-refractivity contribution is -0.139. The van der Waals surface area contributed by atoms with Gasteiger partial charge in [0.2, 0.25) is 11.8 Å². The van der Waals surface area contributed by atoms with E-state index in [0.717, 1.165) is 51.5 Å². The number of piperidine rings is 2. The predicted molar refractivity (Wildman–Crippen MR) is 94.5 cm³/mol. The number of amides is 2. The van der Waals surface area contributed by atoms with Crippen LogP contribution in [0.4, 0.5) is 4.39 Å². The fraction of sp³-hybridized carbons (Fsp3) is 0.895. The lowest BCUT2D eigenvalue weighted by Crippen LogP contribution is -2.53. The van der Waals surface area contributed by atoms with E-state index in [1.807, 2.05) is 0 Å². The van der Waals surface area contributed by atoms with E-state index >= 15 is 0 Å². The molecule has 1 aliphatic carbocycles. The second-order valence-corrected chi connectivity index (χ2v) is 8.28. The summed E-state index contributed by atoms with van der Waals surface area (Å²) >= 11 is 0. The number of halogens is 1. The van der Waals surface area contributed by atoms with Crippen molar-refractivity contribution < 1.29 is 14.0 Å². The van der Waals surface area contributed by atoms with Crippen molar-refractivity contribution in [1.82, 2.24) is 15.5 Å². The van der Waals surface area contributed by atoms with Gasteiger partial charge in [0.1, 0.15) is 6.17 Å². The summed E-state index contributed by atoms with van der Waals surface area (Å²) in [6.45, 7) is 1.55. The molecule has 3 fully saturated rings. The number of likely N-dealkylation sites (tertiary alicyclic amines) is 1. The van der Waals surface area contributed by atoms with E-state index in [4.69, 9.17) is 0 Å². The average Bonchev–Trinajstić information content (AvgIpc) is 2.59. The zero-order chi connectivity index (χ0) is 17.8. The van der Waals surface area contributed by atoms with Gasteiger partial charge in [-0.1, -0.05) is 12.8 Å². The summed E-state index contributed by atoms with van der Waals surface area (Å²) in [5.74, 6) is 0.999. The summed E-state index contributed by atoms with van der Waals surface area (Å²) in [5.41, 5.74) is 0. The smallest absolute Gasteiger partial charge is 0.224 e. The first-order chi connectivity index (χ1) is 12.0. The Hall–Kier alpha value is -1.17.